The molecule has 170 valence electrons. The molecule has 1 N–H and O–H groups in total. The highest BCUT2D eigenvalue weighted by molar-refractivity contribution is 7.80. The molecular weight excluding hydrogens is 464 g/mol. The van der Waals surface area contributed by atoms with Gasteiger partial charge in [-0.05, 0) is 42.0 Å². The van der Waals surface area contributed by atoms with Gasteiger partial charge in [0.15, 0.2) is 12.3 Å². The van der Waals surface area contributed by atoms with Gasteiger partial charge in [0.25, 0.3) is 0 Å². The summed E-state index contributed by atoms with van der Waals surface area (Å²) in [4.78, 5) is -0.0597. The lowest BCUT2D eigenvalue weighted by Gasteiger charge is -2.42. The van der Waals surface area contributed by atoms with E-state index in [1.165, 1.54) is 42.5 Å². The second-order valence-corrected chi connectivity index (χ2v) is 11.8. The van der Waals surface area contributed by atoms with Crippen molar-refractivity contribution in [3.05, 3.63) is 112 Å². The lowest BCUT2D eigenvalue weighted by Crippen LogP contribution is -2.48. The van der Waals surface area contributed by atoms with E-state index in [0.717, 1.165) is 11.3 Å². The summed E-state index contributed by atoms with van der Waals surface area (Å²) >= 11 is 0.929. The van der Waals surface area contributed by atoms with Crippen molar-refractivity contribution in [2.75, 3.05) is 0 Å². The van der Waals surface area contributed by atoms with Crippen LogP contribution in [0.25, 0.3) is 0 Å². The number of phenols is 1. The maximum atomic E-state index is 15.6. The second-order valence-electron chi connectivity index (χ2n) is 7.92. The highest BCUT2D eigenvalue weighted by atomic mass is 32.1. The van der Waals surface area contributed by atoms with Crippen LogP contribution in [0.2, 0.25) is 0 Å². The van der Waals surface area contributed by atoms with E-state index in [9.17, 15) is 5.11 Å². The number of hydrogen-bond acceptors (Lipinski definition) is 3. The molecule has 0 aliphatic rings. The van der Waals surface area contributed by atoms with Gasteiger partial charge in [0.2, 0.25) is 0 Å². The smallest absolute Gasteiger partial charge is 0.410 e. The summed E-state index contributed by atoms with van der Waals surface area (Å²) in [5.74, 6) is -0.0738. The van der Waals surface area contributed by atoms with Crippen LogP contribution in [0.1, 0.15) is 21.6 Å². The van der Waals surface area contributed by atoms with E-state index in [2.05, 4.69) is 0 Å². The summed E-state index contributed by atoms with van der Waals surface area (Å²) < 4.78 is 62.2. The molecule has 0 aliphatic carbocycles. The summed E-state index contributed by atoms with van der Waals surface area (Å²) in [6, 6.07) is 21.4. The first kappa shape index (κ1) is 23.3. The Balaban J connectivity index is 2.27. The van der Waals surface area contributed by atoms with Gasteiger partial charge in [-0.3, -0.25) is 0 Å². The topological polar surface area (TPSA) is 37.3 Å². The van der Waals surface area contributed by atoms with Gasteiger partial charge in [0, 0.05) is 15.5 Å². The third kappa shape index (κ3) is 3.53. The highest BCUT2D eigenvalue weighted by Gasteiger charge is 2.69. The second kappa shape index (κ2) is 8.51. The van der Waals surface area contributed by atoms with Crippen molar-refractivity contribution in [3.8, 4) is 5.75 Å². The monoisotopic (exact) mass is 486 g/mol. The summed E-state index contributed by atoms with van der Waals surface area (Å²) in [7, 11) is -4.45. The Kier molecular flexibility index (Phi) is 6.02. The largest absolute Gasteiger partial charge is 0.507 e. The number of halogens is 3. The molecule has 1 unspecified atom stereocenters. The molecule has 0 amide bonds. The van der Waals surface area contributed by atoms with Crippen LogP contribution in [-0.4, -0.2) is 11.3 Å². The third-order valence-corrected chi connectivity index (χ3v) is 10.8. The Hall–Kier alpha value is -2.82. The number of rotatable bonds is 5. The molecule has 0 spiro atoms. The normalized spacial score (nSPS) is 14.1. The molecule has 0 fully saturated rings. The SMILES string of the molecule is Cc1cc(C(c2cccs2)(C(F)(F)F)P(=O)(c2ccccc2)c2ccccc2)cc(C)c1O. The van der Waals surface area contributed by atoms with Crippen LogP contribution in [0.15, 0.2) is 90.3 Å². The number of benzene rings is 3. The lowest BCUT2D eigenvalue weighted by atomic mass is 9.92. The number of alkyl halides is 3. The molecule has 1 aromatic heterocycles. The maximum absolute atomic E-state index is 15.6. The van der Waals surface area contributed by atoms with Crippen molar-refractivity contribution >= 4 is 29.1 Å². The fourth-order valence-electron chi connectivity index (χ4n) is 4.42. The number of aryl methyl sites for hydroxylation is 2. The Morgan fingerprint density at radius 2 is 1.27 bits per heavy atom. The minimum atomic E-state index is -4.92. The Labute approximate surface area is 194 Å². The third-order valence-electron chi connectivity index (χ3n) is 5.91. The number of phenolic OH excluding ortho intramolecular Hbond substituents is 1. The van der Waals surface area contributed by atoms with E-state index < -0.39 is 18.5 Å². The van der Waals surface area contributed by atoms with Crippen molar-refractivity contribution in [3.63, 3.8) is 0 Å². The van der Waals surface area contributed by atoms with Crippen LogP contribution in [0.3, 0.4) is 0 Å². The average Bonchev–Trinajstić information content (AvgIpc) is 3.32. The van der Waals surface area contributed by atoms with Crippen molar-refractivity contribution in [1.82, 2.24) is 0 Å². The maximum Gasteiger partial charge on any atom is 0.410 e. The fourth-order valence-corrected chi connectivity index (χ4v) is 9.32. The molecule has 1 atom stereocenters. The quantitative estimate of drug-likeness (QED) is 0.312. The predicted molar refractivity (Wildman–Crippen MR) is 128 cm³/mol. The van der Waals surface area contributed by atoms with Gasteiger partial charge in [0.05, 0.1) is 0 Å². The van der Waals surface area contributed by atoms with Crippen LogP contribution in [0, 0.1) is 13.8 Å². The fraction of sp³-hybridized carbons (Fsp3) is 0.154. The van der Waals surface area contributed by atoms with Crippen LogP contribution >= 0.6 is 18.5 Å². The first-order chi connectivity index (χ1) is 15.6. The molecule has 0 aliphatic heterocycles. The molecule has 7 heteroatoms. The van der Waals surface area contributed by atoms with Gasteiger partial charge < -0.3 is 9.67 Å². The van der Waals surface area contributed by atoms with Gasteiger partial charge in [0.1, 0.15) is 5.75 Å². The predicted octanol–water partition coefficient (Wildman–Crippen LogP) is 6.89. The first-order valence-corrected chi connectivity index (χ1v) is 12.9. The zero-order chi connectivity index (χ0) is 23.9. The van der Waals surface area contributed by atoms with Gasteiger partial charge in [-0.15, -0.1) is 11.3 Å². The Morgan fingerprint density at radius 1 is 0.788 bits per heavy atom. The van der Waals surface area contributed by atoms with E-state index in [0.29, 0.717) is 11.1 Å². The number of thiophene rings is 1. The minimum absolute atomic E-state index is 0.0597. The van der Waals surface area contributed by atoms with Gasteiger partial charge >= 0.3 is 6.18 Å². The van der Waals surface area contributed by atoms with E-state index in [4.69, 9.17) is 0 Å². The Morgan fingerprint density at radius 3 is 1.67 bits per heavy atom. The molecule has 33 heavy (non-hydrogen) atoms. The molecular formula is C26H22F3O2PS. The van der Waals surface area contributed by atoms with Crippen molar-refractivity contribution in [2.24, 2.45) is 0 Å². The standard InChI is InChI=1S/C26H22F3O2PS/c1-18-16-20(17-19(2)24(18)30)25(26(27,28)29,23-14-9-15-33-23)32(31,21-10-5-3-6-11-21)22-12-7-4-8-13-22/h3-17,30H,1-2H3. The summed E-state index contributed by atoms with van der Waals surface area (Å²) in [6.07, 6.45) is -4.92. The summed E-state index contributed by atoms with van der Waals surface area (Å²) in [6.45, 7) is 3.11. The molecule has 4 aromatic rings. The summed E-state index contributed by atoms with van der Waals surface area (Å²) in [5.41, 5.74) is 0.437. The van der Waals surface area contributed by atoms with Crippen molar-refractivity contribution < 1.29 is 22.8 Å². The highest BCUT2D eigenvalue weighted by Crippen LogP contribution is 2.71. The van der Waals surface area contributed by atoms with Gasteiger partial charge in [-0.1, -0.05) is 78.9 Å². The van der Waals surface area contributed by atoms with Crippen LogP contribution in [0.5, 0.6) is 5.75 Å². The van der Waals surface area contributed by atoms with Crippen LogP contribution in [-0.2, 0) is 9.72 Å². The van der Waals surface area contributed by atoms with Crippen molar-refractivity contribution in [1.29, 1.82) is 0 Å². The van der Waals surface area contributed by atoms with Gasteiger partial charge in [-0.25, -0.2) is 0 Å². The van der Waals surface area contributed by atoms with E-state index in [-0.39, 0.29) is 26.8 Å². The molecule has 0 saturated heterocycles. The first-order valence-electron chi connectivity index (χ1n) is 10.3. The zero-order valence-electron chi connectivity index (χ0n) is 18.0. The number of hydrogen-bond donors (Lipinski definition) is 1. The van der Waals surface area contributed by atoms with Crippen LogP contribution < -0.4 is 10.6 Å². The molecule has 0 saturated carbocycles. The molecule has 0 radical (unpaired) electrons. The molecule has 4 rings (SSSR count). The van der Waals surface area contributed by atoms with E-state index in [1.807, 2.05) is 0 Å². The van der Waals surface area contributed by atoms with E-state index >= 15 is 17.7 Å². The van der Waals surface area contributed by atoms with E-state index in [1.54, 1.807) is 61.7 Å². The van der Waals surface area contributed by atoms with Crippen molar-refractivity contribution in [2.45, 2.75) is 25.2 Å². The molecule has 1 heterocycles. The summed E-state index contributed by atoms with van der Waals surface area (Å²) in [5, 5.41) is 9.27. The molecule has 0 bridgehead atoms. The average molecular weight is 486 g/mol. The zero-order valence-corrected chi connectivity index (χ0v) is 19.7. The lowest BCUT2D eigenvalue weighted by molar-refractivity contribution is -0.153. The molecule has 3 aromatic carbocycles. The Bertz CT molecular complexity index is 1240. The van der Waals surface area contributed by atoms with Crippen LogP contribution in [0.4, 0.5) is 13.2 Å². The minimum Gasteiger partial charge on any atom is -0.507 e. The molecule has 2 nitrogen and oxygen atoms in total. The number of aromatic hydroxyl groups is 1. The van der Waals surface area contributed by atoms with Gasteiger partial charge in [-0.2, -0.15) is 13.2 Å².